The Balaban J connectivity index is 2.04. The number of aliphatic carboxylic acids is 2. The number of carboxylic acids is 2. The summed E-state index contributed by atoms with van der Waals surface area (Å²) in [6, 6.07) is 0. The third kappa shape index (κ3) is 4.33. The molecule has 2 aliphatic rings. The highest BCUT2D eigenvalue weighted by Crippen LogP contribution is 2.59. The molecule has 1 aliphatic heterocycles. The van der Waals surface area contributed by atoms with Gasteiger partial charge in [-0.05, 0) is 5.41 Å². The zero-order chi connectivity index (χ0) is 19.9. The van der Waals surface area contributed by atoms with Gasteiger partial charge in [-0.15, -0.1) is 0 Å². The van der Waals surface area contributed by atoms with E-state index in [2.05, 4.69) is 0 Å². The number of sulfonamides is 1. The number of morpholine rings is 1. The Bertz CT molecular complexity index is 704. The van der Waals surface area contributed by atoms with Crippen LogP contribution in [0.15, 0.2) is 0 Å². The first-order valence-corrected chi connectivity index (χ1v) is 10.0. The van der Waals surface area contributed by atoms with Crippen LogP contribution in [0.4, 0.5) is 0 Å². The Labute approximate surface area is 151 Å². The fourth-order valence-corrected chi connectivity index (χ4v) is 4.26. The summed E-state index contributed by atoms with van der Waals surface area (Å²) in [7, 11) is -3.75. The van der Waals surface area contributed by atoms with Crippen molar-refractivity contribution < 1.29 is 37.8 Å². The minimum atomic E-state index is -3.75. The molecule has 11 heteroatoms. The van der Waals surface area contributed by atoms with Crippen LogP contribution in [0.25, 0.3) is 0 Å². The maximum atomic E-state index is 12.7. The van der Waals surface area contributed by atoms with E-state index in [0.29, 0.717) is 0 Å². The van der Waals surface area contributed by atoms with Gasteiger partial charge in [-0.2, -0.15) is 4.31 Å². The number of rotatable bonds is 7. The van der Waals surface area contributed by atoms with Crippen LogP contribution < -0.4 is 0 Å². The van der Waals surface area contributed by atoms with Gasteiger partial charge >= 0.3 is 11.9 Å². The molecule has 1 saturated heterocycles. The van der Waals surface area contributed by atoms with Crippen LogP contribution in [0.5, 0.6) is 0 Å². The Hall–Kier alpha value is -1.72. The van der Waals surface area contributed by atoms with Gasteiger partial charge in [-0.1, -0.05) is 13.8 Å². The summed E-state index contributed by atoms with van der Waals surface area (Å²) in [5.74, 6) is -3.95. The molecule has 148 valence electrons. The van der Waals surface area contributed by atoms with Gasteiger partial charge in [-0.3, -0.25) is 14.4 Å². The second kappa shape index (κ2) is 7.12. The molecule has 2 fully saturated rings. The van der Waals surface area contributed by atoms with E-state index in [0.717, 1.165) is 10.6 Å². The molecule has 1 saturated carbocycles. The van der Waals surface area contributed by atoms with Crippen molar-refractivity contribution in [2.75, 3.05) is 39.0 Å². The predicted octanol–water partition coefficient (Wildman–Crippen LogP) is -1.08. The summed E-state index contributed by atoms with van der Waals surface area (Å²) in [5, 5.41) is 18.1. The van der Waals surface area contributed by atoms with Gasteiger partial charge < -0.3 is 19.8 Å². The van der Waals surface area contributed by atoms with E-state index in [1.165, 1.54) is 4.90 Å². The average Bonchev–Trinajstić information content (AvgIpc) is 3.07. The largest absolute Gasteiger partial charge is 0.481 e. The van der Waals surface area contributed by atoms with Crippen LogP contribution in [0.3, 0.4) is 0 Å². The molecule has 10 nitrogen and oxygen atoms in total. The van der Waals surface area contributed by atoms with Crippen molar-refractivity contribution in [2.24, 2.45) is 17.3 Å². The van der Waals surface area contributed by atoms with Gasteiger partial charge in [0.05, 0.1) is 30.8 Å². The maximum absolute atomic E-state index is 12.7. The number of carbonyl (C=O) groups is 3. The molecule has 1 heterocycles. The summed E-state index contributed by atoms with van der Waals surface area (Å²) < 4.78 is 29.7. The molecule has 0 aromatic heterocycles. The zero-order valence-corrected chi connectivity index (χ0v) is 15.7. The van der Waals surface area contributed by atoms with Crippen LogP contribution in [0.2, 0.25) is 0 Å². The van der Waals surface area contributed by atoms with Gasteiger partial charge in [0, 0.05) is 19.6 Å². The summed E-state index contributed by atoms with van der Waals surface area (Å²) in [5.41, 5.74) is -0.626. The fourth-order valence-electron chi connectivity index (χ4n) is 3.48. The highest BCUT2D eigenvalue weighted by Gasteiger charge is 2.66. The van der Waals surface area contributed by atoms with Crippen molar-refractivity contribution in [3.05, 3.63) is 0 Å². The Morgan fingerprint density at radius 1 is 1.23 bits per heavy atom. The van der Waals surface area contributed by atoms with E-state index in [9.17, 15) is 27.9 Å². The number of amides is 1. The number of carbonyl (C=O) groups excluding carboxylic acids is 1. The SMILES string of the molecule is CC1(C)[C@H](C(=O)O)[C@@H]1C(=O)N1CCOC(CN(CC(=O)O)S(C)(=O)=O)C1. The quantitative estimate of drug-likeness (QED) is 0.557. The number of ether oxygens (including phenoxy) is 1. The lowest BCUT2D eigenvalue weighted by molar-refractivity contribution is -0.145. The van der Waals surface area contributed by atoms with E-state index >= 15 is 0 Å². The molecular formula is C15H24N2O8S. The number of hydrogen-bond donors (Lipinski definition) is 2. The van der Waals surface area contributed by atoms with Crippen LogP contribution >= 0.6 is 0 Å². The lowest BCUT2D eigenvalue weighted by Crippen LogP contribution is -2.51. The van der Waals surface area contributed by atoms with Crippen molar-refractivity contribution in [3.63, 3.8) is 0 Å². The van der Waals surface area contributed by atoms with Crippen LogP contribution in [0.1, 0.15) is 13.8 Å². The first kappa shape index (κ1) is 20.6. The molecule has 0 aromatic carbocycles. The average molecular weight is 392 g/mol. The van der Waals surface area contributed by atoms with Crippen molar-refractivity contribution >= 4 is 27.9 Å². The maximum Gasteiger partial charge on any atom is 0.318 e. The zero-order valence-electron chi connectivity index (χ0n) is 14.9. The van der Waals surface area contributed by atoms with E-state index < -0.39 is 51.9 Å². The topological polar surface area (TPSA) is 142 Å². The second-order valence-electron chi connectivity index (χ2n) is 7.34. The lowest BCUT2D eigenvalue weighted by Gasteiger charge is -2.35. The monoisotopic (exact) mass is 392 g/mol. The van der Waals surface area contributed by atoms with E-state index in [4.69, 9.17) is 9.84 Å². The highest BCUT2D eigenvalue weighted by molar-refractivity contribution is 7.88. The second-order valence-corrected chi connectivity index (χ2v) is 9.32. The molecule has 1 aliphatic carbocycles. The van der Waals surface area contributed by atoms with Crippen molar-refractivity contribution in [2.45, 2.75) is 20.0 Å². The molecule has 2 N–H and O–H groups in total. The third-order valence-corrected chi connectivity index (χ3v) is 6.21. The predicted molar refractivity (Wildman–Crippen MR) is 88.8 cm³/mol. The molecule has 3 atom stereocenters. The molecule has 0 aromatic rings. The lowest BCUT2D eigenvalue weighted by atomic mass is 10.1. The van der Waals surface area contributed by atoms with Crippen LogP contribution in [-0.2, 0) is 29.1 Å². The molecule has 2 rings (SSSR count). The van der Waals surface area contributed by atoms with Gasteiger partial charge in [0.15, 0.2) is 0 Å². The first-order valence-electron chi connectivity index (χ1n) is 8.15. The Morgan fingerprint density at radius 3 is 2.31 bits per heavy atom. The van der Waals surface area contributed by atoms with E-state index in [1.807, 2.05) is 0 Å². The summed E-state index contributed by atoms with van der Waals surface area (Å²) >= 11 is 0. The molecular weight excluding hydrogens is 368 g/mol. The number of hydrogen-bond acceptors (Lipinski definition) is 6. The third-order valence-electron chi connectivity index (χ3n) is 5.00. The van der Waals surface area contributed by atoms with Gasteiger partial charge in [-0.25, -0.2) is 8.42 Å². The normalized spacial score (nSPS) is 28.0. The van der Waals surface area contributed by atoms with Gasteiger partial charge in [0.25, 0.3) is 0 Å². The molecule has 1 unspecified atom stereocenters. The first-order chi connectivity index (χ1) is 11.9. The van der Waals surface area contributed by atoms with Crippen molar-refractivity contribution in [3.8, 4) is 0 Å². The molecule has 26 heavy (non-hydrogen) atoms. The molecule has 0 spiro atoms. The summed E-state index contributed by atoms with van der Waals surface area (Å²) in [6.45, 7) is 3.12. The standard InChI is InChI=1S/C15H24N2O8S/c1-15(2)11(12(15)14(21)22)13(20)16-4-5-25-9(6-16)7-17(8-10(18)19)26(3,23)24/h9,11-12H,4-8H2,1-3H3,(H,18,19)(H,21,22)/t9?,11-,12+/m1/s1. The van der Waals surface area contributed by atoms with Crippen molar-refractivity contribution in [1.82, 2.24) is 9.21 Å². The van der Waals surface area contributed by atoms with Crippen LogP contribution in [0, 0.1) is 17.3 Å². The fraction of sp³-hybridized carbons (Fsp3) is 0.800. The summed E-state index contributed by atoms with van der Waals surface area (Å²) in [6.07, 6.45) is 0.234. The minimum absolute atomic E-state index is 0.0867. The Kier molecular flexibility index (Phi) is 5.64. The number of carboxylic acid groups (broad SMARTS) is 2. The summed E-state index contributed by atoms with van der Waals surface area (Å²) in [4.78, 5) is 36.3. The minimum Gasteiger partial charge on any atom is -0.481 e. The van der Waals surface area contributed by atoms with Crippen molar-refractivity contribution in [1.29, 1.82) is 0 Å². The van der Waals surface area contributed by atoms with Gasteiger partial charge in [0.1, 0.15) is 6.54 Å². The highest BCUT2D eigenvalue weighted by atomic mass is 32.2. The molecule has 1 amide bonds. The smallest absolute Gasteiger partial charge is 0.318 e. The van der Waals surface area contributed by atoms with Crippen LogP contribution in [-0.4, -0.2) is 90.8 Å². The molecule has 0 radical (unpaired) electrons. The van der Waals surface area contributed by atoms with E-state index in [1.54, 1.807) is 13.8 Å². The molecule has 0 bridgehead atoms. The van der Waals surface area contributed by atoms with Gasteiger partial charge in [0.2, 0.25) is 15.9 Å². The Morgan fingerprint density at radius 2 is 1.85 bits per heavy atom. The van der Waals surface area contributed by atoms with E-state index in [-0.39, 0.29) is 32.1 Å². The number of nitrogens with zero attached hydrogens (tertiary/aromatic N) is 2.